The summed E-state index contributed by atoms with van der Waals surface area (Å²) < 4.78 is 0. The van der Waals surface area contributed by atoms with Crippen molar-refractivity contribution >= 4 is 23.5 Å². The second-order valence-electron chi connectivity index (χ2n) is 2.90. The summed E-state index contributed by atoms with van der Waals surface area (Å²) in [6.07, 6.45) is 2.62. The van der Waals surface area contributed by atoms with Crippen LogP contribution < -0.4 is 5.32 Å². The fraction of sp³-hybridized carbons (Fsp3) is 0.222. The highest BCUT2D eigenvalue weighted by molar-refractivity contribution is 6.33. The lowest BCUT2D eigenvalue weighted by atomic mass is 10.2. The zero-order valence-corrected chi connectivity index (χ0v) is 8.81. The number of carbonyl (C=O) groups is 2. The Kier molecular flexibility index (Phi) is 4.21. The molecule has 1 amide bonds. The van der Waals surface area contributed by atoms with Gasteiger partial charge in [-0.3, -0.25) is 9.78 Å². The average Bonchev–Trinajstić information content (AvgIpc) is 2.25. The van der Waals surface area contributed by atoms with E-state index in [0.29, 0.717) is 0 Å². The summed E-state index contributed by atoms with van der Waals surface area (Å²) in [5.74, 6) is -2.02. The van der Waals surface area contributed by atoms with Crippen LogP contribution in [-0.4, -0.2) is 39.7 Å². The third kappa shape index (κ3) is 2.91. The molecule has 0 fully saturated rings. The average molecular weight is 245 g/mol. The summed E-state index contributed by atoms with van der Waals surface area (Å²) in [4.78, 5) is 25.8. The molecule has 0 aromatic carbocycles. The molecule has 7 heteroatoms. The number of aromatic nitrogens is 1. The second kappa shape index (κ2) is 5.43. The monoisotopic (exact) mass is 244 g/mol. The number of halogens is 1. The van der Waals surface area contributed by atoms with Crippen LogP contribution in [0.3, 0.4) is 0 Å². The number of carboxylic acid groups (broad SMARTS) is 1. The molecule has 16 heavy (non-hydrogen) atoms. The first-order valence-corrected chi connectivity index (χ1v) is 4.68. The molecule has 0 unspecified atom stereocenters. The predicted octanol–water partition coefficient (Wildman–Crippen LogP) is -0.0897. The molecule has 0 bridgehead atoms. The Bertz CT molecular complexity index is 410. The van der Waals surface area contributed by atoms with Crippen LogP contribution in [0.25, 0.3) is 0 Å². The van der Waals surface area contributed by atoms with Gasteiger partial charge in [0, 0.05) is 12.4 Å². The van der Waals surface area contributed by atoms with Gasteiger partial charge in [-0.1, -0.05) is 11.6 Å². The molecule has 1 heterocycles. The van der Waals surface area contributed by atoms with Gasteiger partial charge in [0.25, 0.3) is 5.91 Å². The number of carbonyl (C=O) groups excluding carboxylic acids is 1. The van der Waals surface area contributed by atoms with Crippen LogP contribution in [0.1, 0.15) is 10.4 Å². The van der Waals surface area contributed by atoms with Gasteiger partial charge in [-0.2, -0.15) is 0 Å². The quantitative estimate of drug-likeness (QED) is 0.687. The van der Waals surface area contributed by atoms with Crippen molar-refractivity contribution in [2.24, 2.45) is 0 Å². The molecular weight excluding hydrogens is 236 g/mol. The van der Waals surface area contributed by atoms with Crippen LogP contribution in [0.2, 0.25) is 5.02 Å². The maximum absolute atomic E-state index is 11.5. The van der Waals surface area contributed by atoms with Crippen LogP contribution in [-0.2, 0) is 4.79 Å². The van der Waals surface area contributed by atoms with Crippen molar-refractivity contribution < 1.29 is 19.8 Å². The molecule has 0 aliphatic rings. The summed E-state index contributed by atoms with van der Waals surface area (Å²) in [5, 5.41) is 19.6. The zero-order valence-electron chi connectivity index (χ0n) is 8.05. The van der Waals surface area contributed by atoms with Crippen molar-refractivity contribution in [1.29, 1.82) is 0 Å². The van der Waals surface area contributed by atoms with E-state index in [-0.39, 0.29) is 10.6 Å². The van der Waals surface area contributed by atoms with Crippen molar-refractivity contribution in [2.75, 3.05) is 6.61 Å². The van der Waals surface area contributed by atoms with Gasteiger partial charge in [-0.25, -0.2) is 4.79 Å². The molecule has 0 aliphatic carbocycles. The van der Waals surface area contributed by atoms with Crippen molar-refractivity contribution in [2.45, 2.75) is 6.04 Å². The van der Waals surface area contributed by atoms with Crippen molar-refractivity contribution in [3.8, 4) is 0 Å². The standard InChI is InChI=1S/C9H9ClN2O4/c10-6-1-2-11-3-5(6)8(14)12-7(4-13)9(15)16/h1-3,7,13H,4H2,(H,12,14)(H,15,16)/t7-/m1/s1. The number of aliphatic hydroxyl groups excluding tert-OH is 1. The number of nitrogens with one attached hydrogen (secondary N) is 1. The molecule has 1 aromatic rings. The van der Waals surface area contributed by atoms with Crippen molar-refractivity contribution in [3.63, 3.8) is 0 Å². The fourth-order valence-corrected chi connectivity index (χ4v) is 1.16. The summed E-state index contributed by atoms with van der Waals surface area (Å²) in [7, 11) is 0. The number of amides is 1. The molecule has 0 aliphatic heterocycles. The minimum Gasteiger partial charge on any atom is -0.480 e. The Morgan fingerprint density at radius 1 is 1.56 bits per heavy atom. The first-order chi connectivity index (χ1) is 7.56. The van der Waals surface area contributed by atoms with E-state index in [1.807, 2.05) is 0 Å². The largest absolute Gasteiger partial charge is 0.480 e. The van der Waals surface area contributed by atoms with E-state index in [1.165, 1.54) is 18.5 Å². The lowest BCUT2D eigenvalue weighted by Gasteiger charge is -2.11. The van der Waals surface area contributed by atoms with E-state index in [0.717, 1.165) is 0 Å². The van der Waals surface area contributed by atoms with E-state index in [1.54, 1.807) is 0 Å². The number of hydrogen-bond donors (Lipinski definition) is 3. The number of rotatable bonds is 4. The number of nitrogens with zero attached hydrogens (tertiary/aromatic N) is 1. The highest BCUT2D eigenvalue weighted by Gasteiger charge is 2.20. The Labute approximate surface area is 95.9 Å². The Morgan fingerprint density at radius 2 is 2.25 bits per heavy atom. The lowest BCUT2D eigenvalue weighted by molar-refractivity contribution is -0.140. The molecule has 0 saturated carbocycles. The second-order valence-corrected chi connectivity index (χ2v) is 3.31. The van der Waals surface area contributed by atoms with E-state index in [4.69, 9.17) is 21.8 Å². The SMILES string of the molecule is O=C(N[C@H](CO)C(=O)O)c1cnccc1Cl. The lowest BCUT2D eigenvalue weighted by Crippen LogP contribution is -2.43. The number of carboxylic acids is 1. The Morgan fingerprint density at radius 3 is 2.75 bits per heavy atom. The molecule has 0 radical (unpaired) electrons. The van der Waals surface area contributed by atoms with Crippen LogP contribution >= 0.6 is 11.6 Å². The van der Waals surface area contributed by atoms with Gasteiger partial charge in [0.15, 0.2) is 6.04 Å². The van der Waals surface area contributed by atoms with Crippen LogP contribution in [0.5, 0.6) is 0 Å². The minimum absolute atomic E-state index is 0.0591. The minimum atomic E-state index is -1.36. The van der Waals surface area contributed by atoms with E-state index in [9.17, 15) is 9.59 Å². The Balaban J connectivity index is 2.80. The van der Waals surface area contributed by atoms with Crippen molar-refractivity contribution in [3.05, 3.63) is 29.0 Å². The maximum atomic E-state index is 11.5. The molecule has 1 rings (SSSR count). The number of aliphatic hydroxyl groups is 1. The Hall–Kier alpha value is -1.66. The molecule has 0 spiro atoms. The molecule has 1 aromatic heterocycles. The third-order valence-electron chi connectivity index (χ3n) is 1.80. The van der Waals surface area contributed by atoms with Gasteiger partial charge in [0.05, 0.1) is 17.2 Å². The van der Waals surface area contributed by atoms with E-state index >= 15 is 0 Å². The highest BCUT2D eigenvalue weighted by atomic mass is 35.5. The topological polar surface area (TPSA) is 99.5 Å². The number of aliphatic carboxylic acids is 1. The van der Waals surface area contributed by atoms with Gasteiger partial charge in [-0.15, -0.1) is 0 Å². The zero-order chi connectivity index (χ0) is 12.1. The molecule has 3 N–H and O–H groups in total. The molecule has 6 nitrogen and oxygen atoms in total. The van der Waals surface area contributed by atoms with E-state index < -0.39 is 24.5 Å². The summed E-state index contributed by atoms with van der Waals surface area (Å²) in [6, 6.07) is 0.0503. The smallest absolute Gasteiger partial charge is 0.328 e. The van der Waals surface area contributed by atoms with Gasteiger partial charge >= 0.3 is 5.97 Å². The molecule has 1 atom stereocenters. The third-order valence-corrected chi connectivity index (χ3v) is 2.13. The first kappa shape index (κ1) is 12.4. The summed E-state index contributed by atoms with van der Waals surface area (Å²) in [5.41, 5.74) is 0.0591. The number of pyridine rings is 1. The van der Waals surface area contributed by atoms with Crippen LogP contribution in [0.15, 0.2) is 18.5 Å². The van der Waals surface area contributed by atoms with Gasteiger partial charge in [0.2, 0.25) is 0 Å². The molecule has 86 valence electrons. The van der Waals surface area contributed by atoms with Crippen LogP contribution in [0, 0.1) is 0 Å². The molecular formula is C9H9ClN2O4. The van der Waals surface area contributed by atoms with Crippen LogP contribution in [0.4, 0.5) is 0 Å². The van der Waals surface area contributed by atoms with Gasteiger partial charge < -0.3 is 15.5 Å². The van der Waals surface area contributed by atoms with Gasteiger partial charge in [0.1, 0.15) is 0 Å². The van der Waals surface area contributed by atoms with Gasteiger partial charge in [-0.05, 0) is 6.07 Å². The first-order valence-electron chi connectivity index (χ1n) is 4.30. The van der Waals surface area contributed by atoms with E-state index in [2.05, 4.69) is 10.3 Å². The normalized spacial score (nSPS) is 11.9. The number of hydrogen-bond acceptors (Lipinski definition) is 4. The highest BCUT2D eigenvalue weighted by Crippen LogP contribution is 2.13. The summed E-state index contributed by atoms with van der Waals surface area (Å²) >= 11 is 5.71. The maximum Gasteiger partial charge on any atom is 0.328 e. The summed E-state index contributed by atoms with van der Waals surface area (Å²) in [6.45, 7) is -0.695. The predicted molar refractivity (Wildman–Crippen MR) is 55.2 cm³/mol. The molecule has 0 saturated heterocycles. The fourth-order valence-electron chi connectivity index (χ4n) is 0.966. The van der Waals surface area contributed by atoms with Crippen molar-refractivity contribution in [1.82, 2.24) is 10.3 Å².